The number of benzene rings is 1. The molecule has 0 spiro atoms. The number of fused-ring (bicyclic) bond motifs is 1. The van der Waals surface area contributed by atoms with Crippen LogP contribution in [0.15, 0.2) is 35.6 Å². The summed E-state index contributed by atoms with van der Waals surface area (Å²) in [5.41, 5.74) is 0.211. The second-order valence-electron chi connectivity index (χ2n) is 9.03. The first-order valence-corrected chi connectivity index (χ1v) is 11.3. The van der Waals surface area contributed by atoms with Gasteiger partial charge in [-0.3, -0.25) is 0 Å². The van der Waals surface area contributed by atoms with E-state index in [1.165, 1.54) is 6.20 Å². The lowest BCUT2D eigenvalue weighted by Crippen LogP contribution is -2.48. The highest BCUT2D eigenvalue weighted by atomic mass is 19.1. The Bertz CT molecular complexity index is 1250. The van der Waals surface area contributed by atoms with Crippen molar-refractivity contribution in [2.75, 3.05) is 44.9 Å². The number of pyridine rings is 1. The first kappa shape index (κ1) is 23.5. The zero-order chi connectivity index (χ0) is 24.6. The van der Waals surface area contributed by atoms with Crippen LogP contribution in [0.5, 0.6) is 11.5 Å². The number of hydrogen-bond acceptors (Lipinski definition) is 8. The molecule has 1 aromatic carbocycles. The molecule has 5 rings (SSSR count). The van der Waals surface area contributed by atoms with Crippen molar-refractivity contribution in [1.82, 2.24) is 9.97 Å². The number of aromatic nitrogens is 2. The van der Waals surface area contributed by atoms with E-state index in [2.05, 4.69) is 20.3 Å². The number of aliphatic hydroxyl groups is 1. The number of rotatable bonds is 7. The van der Waals surface area contributed by atoms with E-state index in [4.69, 9.17) is 18.9 Å². The number of ether oxygens (including phenoxy) is 4. The SMILES string of the molecule is CCOC1(c2c[nH]c3nccc(Oc4c(F)cc(NC5=NC[C@](C)(CO)CO5)cc4F)c23)COC1. The number of anilines is 1. The number of nitrogens with zero attached hydrogens (tertiary/aromatic N) is 2. The van der Waals surface area contributed by atoms with Crippen LogP contribution >= 0.6 is 0 Å². The van der Waals surface area contributed by atoms with Crippen LogP contribution in [0.2, 0.25) is 0 Å². The summed E-state index contributed by atoms with van der Waals surface area (Å²) in [5.74, 6) is -2.13. The molecule has 0 aliphatic carbocycles. The third kappa shape index (κ3) is 4.30. The molecule has 186 valence electrons. The highest BCUT2D eigenvalue weighted by molar-refractivity contribution is 5.90. The van der Waals surface area contributed by atoms with Gasteiger partial charge in [-0.1, -0.05) is 6.92 Å². The third-order valence-electron chi connectivity index (χ3n) is 6.12. The number of nitrogens with one attached hydrogen (secondary N) is 2. The molecule has 0 unspecified atom stereocenters. The van der Waals surface area contributed by atoms with Crippen LogP contribution in [0.25, 0.3) is 11.0 Å². The van der Waals surface area contributed by atoms with E-state index >= 15 is 8.78 Å². The molecular weight excluding hydrogens is 462 g/mol. The average Bonchev–Trinajstić information content (AvgIpc) is 3.25. The molecule has 1 fully saturated rings. The van der Waals surface area contributed by atoms with Crippen LogP contribution in [-0.4, -0.2) is 60.7 Å². The van der Waals surface area contributed by atoms with E-state index in [1.54, 1.807) is 12.3 Å². The molecule has 1 atom stereocenters. The van der Waals surface area contributed by atoms with Crippen molar-refractivity contribution in [1.29, 1.82) is 0 Å². The zero-order valence-corrected chi connectivity index (χ0v) is 19.4. The van der Waals surface area contributed by atoms with Gasteiger partial charge in [-0.05, 0) is 13.0 Å². The fraction of sp³-hybridized carbons (Fsp3) is 0.417. The van der Waals surface area contributed by atoms with Gasteiger partial charge in [-0.2, -0.15) is 0 Å². The van der Waals surface area contributed by atoms with Gasteiger partial charge in [0.05, 0.1) is 31.8 Å². The molecule has 3 N–H and O–H groups in total. The van der Waals surface area contributed by atoms with E-state index < -0.39 is 28.4 Å². The molecule has 0 radical (unpaired) electrons. The van der Waals surface area contributed by atoms with E-state index in [-0.39, 0.29) is 30.7 Å². The van der Waals surface area contributed by atoms with Gasteiger partial charge in [0.25, 0.3) is 6.02 Å². The fourth-order valence-electron chi connectivity index (χ4n) is 4.08. The maximum Gasteiger partial charge on any atom is 0.289 e. The minimum Gasteiger partial charge on any atom is -0.464 e. The molecule has 1 saturated heterocycles. The van der Waals surface area contributed by atoms with Gasteiger partial charge in [-0.15, -0.1) is 0 Å². The third-order valence-corrected chi connectivity index (χ3v) is 6.12. The summed E-state index contributed by atoms with van der Waals surface area (Å²) in [4.78, 5) is 11.6. The van der Waals surface area contributed by atoms with Gasteiger partial charge >= 0.3 is 0 Å². The summed E-state index contributed by atoms with van der Waals surface area (Å²) in [6.07, 6.45) is 3.25. The van der Waals surface area contributed by atoms with Gasteiger partial charge < -0.3 is 34.4 Å². The predicted molar refractivity (Wildman–Crippen MR) is 124 cm³/mol. The number of aromatic amines is 1. The quantitative estimate of drug-likeness (QED) is 0.465. The van der Waals surface area contributed by atoms with Crippen LogP contribution < -0.4 is 10.1 Å². The Balaban J connectivity index is 1.42. The molecule has 2 aliphatic rings. The number of H-pyrrole nitrogens is 1. The fourth-order valence-corrected chi connectivity index (χ4v) is 4.08. The van der Waals surface area contributed by atoms with Crippen molar-refractivity contribution in [3.8, 4) is 11.5 Å². The molecule has 2 aliphatic heterocycles. The van der Waals surface area contributed by atoms with Crippen molar-refractivity contribution in [2.24, 2.45) is 10.4 Å². The Hall–Kier alpha value is -3.28. The first-order chi connectivity index (χ1) is 16.9. The molecule has 11 heteroatoms. The number of hydrogen-bond donors (Lipinski definition) is 3. The van der Waals surface area contributed by atoms with Crippen LogP contribution in [0.3, 0.4) is 0 Å². The van der Waals surface area contributed by atoms with Crippen LogP contribution in [-0.2, 0) is 19.8 Å². The summed E-state index contributed by atoms with van der Waals surface area (Å²) in [7, 11) is 0. The van der Waals surface area contributed by atoms with E-state index in [0.717, 1.165) is 17.7 Å². The first-order valence-electron chi connectivity index (χ1n) is 11.3. The monoisotopic (exact) mass is 488 g/mol. The summed E-state index contributed by atoms with van der Waals surface area (Å²) in [6, 6.07) is 3.87. The summed E-state index contributed by atoms with van der Waals surface area (Å²) >= 11 is 0. The molecular formula is C24H26F2N4O5. The zero-order valence-electron chi connectivity index (χ0n) is 19.4. The second-order valence-corrected chi connectivity index (χ2v) is 9.03. The van der Waals surface area contributed by atoms with Gasteiger partial charge in [0, 0.05) is 47.8 Å². The number of aliphatic imine (C=N–C) groups is 1. The predicted octanol–water partition coefficient (Wildman–Crippen LogP) is 3.69. The lowest BCUT2D eigenvalue weighted by atomic mass is 9.91. The van der Waals surface area contributed by atoms with Gasteiger partial charge in [0.2, 0.25) is 0 Å². The smallest absolute Gasteiger partial charge is 0.289 e. The number of amidine groups is 1. The normalized spacial score (nSPS) is 21.2. The highest BCUT2D eigenvalue weighted by Crippen LogP contribution is 2.42. The lowest BCUT2D eigenvalue weighted by molar-refractivity contribution is -0.213. The van der Waals surface area contributed by atoms with E-state index in [0.29, 0.717) is 37.4 Å². The standard InChI is InChI=1S/C24H26F2N4O5/c1-3-34-24(12-32-13-24)15-8-28-21-19(15)18(4-5-27-21)35-20-16(25)6-14(7-17(20)26)30-22-29-9-23(2,10-31)11-33-22/h4-8,31H,3,9-13H2,1-2H3,(H,27,28)(H,29,30)/t23-/m1/s1. The molecule has 0 amide bonds. The number of halogens is 2. The van der Waals surface area contributed by atoms with Crippen molar-refractivity contribution in [3.63, 3.8) is 0 Å². The summed E-state index contributed by atoms with van der Waals surface area (Å²) < 4.78 is 52.6. The Labute approximate surface area is 200 Å². The Kier molecular flexibility index (Phi) is 6.07. The largest absolute Gasteiger partial charge is 0.464 e. The minimum atomic E-state index is -0.905. The molecule has 9 nitrogen and oxygen atoms in total. The molecule has 35 heavy (non-hydrogen) atoms. The average molecular weight is 488 g/mol. The molecule has 2 aromatic heterocycles. The highest BCUT2D eigenvalue weighted by Gasteiger charge is 2.44. The Morgan fingerprint density at radius 1 is 1.23 bits per heavy atom. The van der Waals surface area contributed by atoms with E-state index in [1.807, 2.05) is 13.8 Å². The lowest BCUT2D eigenvalue weighted by Gasteiger charge is -2.40. The van der Waals surface area contributed by atoms with Gasteiger partial charge in [-0.25, -0.2) is 18.8 Å². The molecule has 3 aromatic rings. The van der Waals surface area contributed by atoms with Gasteiger partial charge in [0.1, 0.15) is 23.6 Å². The number of aliphatic hydroxyl groups excluding tert-OH is 1. The molecule has 0 saturated carbocycles. The Morgan fingerprint density at radius 2 is 2.00 bits per heavy atom. The maximum atomic E-state index is 15.0. The van der Waals surface area contributed by atoms with Crippen LogP contribution in [0, 0.1) is 17.0 Å². The maximum absolute atomic E-state index is 15.0. The van der Waals surface area contributed by atoms with Gasteiger partial charge in [0.15, 0.2) is 17.4 Å². The summed E-state index contributed by atoms with van der Waals surface area (Å²) in [6.45, 7) is 5.37. The topological polar surface area (TPSA) is 110 Å². The second kappa shape index (κ2) is 9.06. The van der Waals surface area contributed by atoms with Crippen molar-refractivity contribution >= 4 is 22.7 Å². The summed E-state index contributed by atoms with van der Waals surface area (Å²) in [5, 5.41) is 12.7. The van der Waals surface area contributed by atoms with Crippen molar-refractivity contribution in [2.45, 2.75) is 19.4 Å². The van der Waals surface area contributed by atoms with Crippen LogP contribution in [0.1, 0.15) is 19.4 Å². The minimum absolute atomic E-state index is 0.0804. The molecule has 4 heterocycles. The van der Waals surface area contributed by atoms with Crippen molar-refractivity contribution < 1.29 is 32.8 Å². The molecule has 0 bridgehead atoms. The Morgan fingerprint density at radius 3 is 2.60 bits per heavy atom. The van der Waals surface area contributed by atoms with E-state index in [9.17, 15) is 5.11 Å². The van der Waals surface area contributed by atoms with Crippen molar-refractivity contribution in [3.05, 3.63) is 47.8 Å². The van der Waals surface area contributed by atoms with Crippen LogP contribution in [0.4, 0.5) is 14.5 Å².